The molecule has 6 heteroatoms. The van der Waals surface area contributed by atoms with E-state index in [1.165, 1.54) is 23.3 Å². The van der Waals surface area contributed by atoms with Gasteiger partial charge in [-0.3, -0.25) is 10.1 Å². The van der Waals surface area contributed by atoms with Gasteiger partial charge in [-0.05, 0) is 19.8 Å². The Balaban J connectivity index is 1.57. The van der Waals surface area contributed by atoms with Crippen molar-refractivity contribution in [3.63, 3.8) is 0 Å². The zero-order chi connectivity index (χ0) is 16.5. The van der Waals surface area contributed by atoms with E-state index in [1.807, 2.05) is 9.90 Å². The van der Waals surface area contributed by atoms with Crippen LogP contribution in [0.25, 0.3) is 16.2 Å². The van der Waals surface area contributed by atoms with Gasteiger partial charge in [0.05, 0.1) is 5.69 Å². The van der Waals surface area contributed by atoms with Crippen molar-refractivity contribution in [3.8, 4) is 11.3 Å². The highest BCUT2D eigenvalue weighted by Gasteiger charge is 2.22. The summed E-state index contributed by atoms with van der Waals surface area (Å²) in [6.07, 6.45) is 5.47. The molecule has 1 amide bonds. The van der Waals surface area contributed by atoms with Gasteiger partial charge >= 0.3 is 0 Å². The lowest BCUT2D eigenvalue weighted by Crippen LogP contribution is -2.25. The fourth-order valence-corrected chi connectivity index (χ4v) is 4.07. The molecule has 0 bridgehead atoms. The van der Waals surface area contributed by atoms with Crippen LogP contribution < -0.4 is 5.32 Å². The second kappa shape index (κ2) is 6.36. The molecule has 1 aliphatic rings. The number of fused-ring (bicyclic) bond motifs is 1. The van der Waals surface area contributed by atoms with E-state index in [4.69, 9.17) is 0 Å². The summed E-state index contributed by atoms with van der Waals surface area (Å²) in [7, 11) is 0. The van der Waals surface area contributed by atoms with Crippen LogP contribution in [0.2, 0.25) is 0 Å². The molecule has 0 spiro atoms. The molecule has 1 aliphatic carbocycles. The van der Waals surface area contributed by atoms with Crippen LogP contribution in [-0.4, -0.2) is 20.5 Å². The third-order valence-corrected chi connectivity index (χ3v) is 5.46. The predicted molar refractivity (Wildman–Crippen MR) is 96.2 cm³/mol. The fourth-order valence-electron chi connectivity index (χ4n) is 3.23. The van der Waals surface area contributed by atoms with E-state index in [9.17, 15) is 4.79 Å². The van der Waals surface area contributed by atoms with Crippen LogP contribution in [-0.2, 0) is 4.79 Å². The molecule has 0 saturated heterocycles. The molecule has 1 saturated carbocycles. The Bertz CT molecular complexity index is 859. The van der Waals surface area contributed by atoms with Crippen LogP contribution in [0, 0.1) is 12.8 Å². The quantitative estimate of drug-likeness (QED) is 0.774. The number of amides is 1. The molecule has 3 aromatic rings. The number of thiazole rings is 1. The Morgan fingerprint density at radius 1 is 1.21 bits per heavy atom. The molecule has 2 heterocycles. The van der Waals surface area contributed by atoms with Crippen LogP contribution in [0.3, 0.4) is 0 Å². The van der Waals surface area contributed by atoms with Crippen molar-refractivity contribution in [3.05, 3.63) is 35.2 Å². The van der Waals surface area contributed by atoms with Crippen molar-refractivity contribution in [1.29, 1.82) is 0 Å². The number of anilines is 1. The molecule has 0 aliphatic heterocycles. The Morgan fingerprint density at radius 2 is 1.96 bits per heavy atom. The van der Waals surface area contributed by atoms with Gasteiger partial charge in [0.15, 0.2) is 0 Å². The number of carbonyl (C=O) groups is 1. The number of hydrogen-bond donors (Lipinski definition) is 1. The van der Waals surface area contributed by atoms with Crippen molar-refractivity contribution < 1.29 is 4.79 Å². The normalized spacial score (nSPS) is 15.7. The molecule has 0 radical (unpaired) electrons. The molecular weight excluding hydrogens is 320 g/mol. The third-order valence-electron chi connectivity index (χ3n) is 4.64. The first-order valence-electron chi connectivity index (χ1n) is 8.43. The van der Waals surface area contributed by atoms with Crippen molar-refractivity contribution >= 4 is 28.2 Å². The first kappa shape index (κ1) is 15.3. The minimum absolute atomic E-state index is 0.0600. The summed E-state index contributed by atoms with van der Waals surface area (Å²) < 4.78 is 1.81. The standard InChI is InChI=1S/C18H20N4OS/c1-12-7-9-13(10-8-12)15-11-24-18-20-17(21-22(15)18)19-16(23)14-5-3-2-4-6-14/h7-11,14H,2-6H2,1H3,(H,19,21,23). The van der Waals surface area contributed by atoms with Gasteiger partial charge in [-0.25, -0.2) is 4.52 Å². The summed E-state index contributed by atoms with van der Waals surface area (Å²) in [5.74, 6) is 0.576. The summed E-state index contributed by atoms with van der Waals surface area (Å²) >= 11 is 1.53. The topological polar surface area (TPSA) is 59.3 Å². The van der Waals surface area contributed by atoms with E-state index >= 15 is 0 Å². The van der Waals surface area contributed by atoms with Gasteiger partial charge in [0.25, 0.3) is 0 Å². The Kier molecular flexibility index (Phi) is 4.06. The molecule has 1 fully saturated rings. The van der Waals surface area contributed by atoms with E-state index in [0.29, 0.717) is 5.95 Å². The van der Waals surface area contributed by atoms with Gasteiger partial charge < -0.3 is 0 Å². The van der Waals surface area contributed by atoms with Crippen molar-refractivity contribution in [1.82, 2.24) is 14.6 Å². The van der Waals surface area contributed by atoms with Gasteiger partial charge in [0.2, 0.25) is 16.8 Å². The lowest BCUT2D eigenvalue weighted by Gasteiger charge is -2.19. The highest BCUT2D eigenvalue weighted by atomic mass is 32.1. The zero-order valence-corrected chi connectivity index (χ0v) is 14.5. The molecule has 124 valence electrons. The van der Waals surface area contributed by atoms with Gasteiger partial charge in [0, 0.05) is 16.9 Å². The molecule has 4 rings (SSSR count). The van der Waals surface area contributed by atoms with E-state index in [0.717, 1.165) is 41.9 Å². The smallest absolute Gasteiger partial charge is 0.250 e. The summed E-state index contributed by atoms with van der Waals surface area (Å²) in [6, 6.07) is 8.33. The monoisotopic (exact) mass is 340 g/mol. The van der Waals surface area contributed by atoms with Crippen LogP contribution in [0.1, 0.15) is 37.7 Å². The summed E-state index contributed by atoms with van der Waals surface area (Å²) in [6.45, 7) is 2.07. The minimum atomic E-state index is 0.0600. The van der Waals surface area contributed by atoms with Gasteiger partial charge in [-0.1, -0.05) is 49.1 Å². The van der Waals surface area contributed by atoms with E-state index in [-0.39, 0.29) is 11.8 Å². The number of benzene rings is 1. The largest absolute Gasteiger partial charge is 0.293 e. The van der Waals surface area contributed by atoms with Crippen LogP contribution in [0.5, 0.6) is 0 Å². The number of carbonyl (C=O) groups excluding carboxylic acids is 1. The van der Waals surface area contributed by atoms with Gasteiger partial charge in [0.1, 0.15) is 0 Å². The number of aromatic nitrogens is 3. The Morgan fingerprint density at radius 3 is 2.71 bits per heavy atom. The van der Waals surface area contributed by atoms with Crippen LogP contribution in [0.15, 0.2) is 29.6 Å². The van der Waals surface area contributed by atoms with Crippen LogP contribution in [0.4, 0.5) is 5.95 Å². The van der Waals surface area contributed by atoms with E-state index in [2.05, 4.69) is 46.6 Å². The summed E-state index contributed by atoms with van der Waals surface area (Å²) in [4.78, 5) is 17.6. The highest BCUT2D eigenvalue weighted by molar-refractivity contribution is 7.15. The Labute approximate surface area is 144 Å². The molecule has 1 aromatic carbocycles. The average Bonchev–Trinajstić information content (AvgIpc) is 3.16. The van der Waals surface area contributed by atoms with E-state index < -0.39 is 0 Å². The minimum Gasteiger partial charge on any atom is -0.293 e. The lowest BCUT2D eigenvalue weighted by atomic mass is 9.89. The van der Waals surface area contributed by atoms with Crippen LogP contribution >= 0.6 is 11.3 Å². The summed E-state index contributed by atoms with van der Waals surface area (Å²) in [5, 5.41) is 9.44. The van der Waals surface area contributed by atoms with Gasteiger partial charge in [-0.2, -0.15) is 4.98 Å². The maximum atomic E-state index is 12.4. The zero-order valence-electron chi connectivity index (χ0n) is 13.7. The molecule has 2 aromatic heterocycles. The molecule has 1 N–H and O–H groups in total. The molecule has 5 nitrogen and oxygen atoms in total. The molecule has 0 unspecified atom stereocenters. The number of rotatable bonds is 3. The van der Waals surface area contributed by atoms with Crippen molar-refractivity contribution in [2.75, 3.05) is 5.32 Å². The Hall–Kier alpha value is -2.21. The summed E-state index contributed by atoms with van der Waals surface area (Å²) in [5.41, 5.74) is 3.33. The fraction of sp³-hybridized carbons (Fsp3) is 0.389. The predicted octanol–water partition coefficient (Wildman–Crippen LogP) is 4.29. The number of aryl methyl sites for hydroxylation is 1. The maximum Gasteiger partial charge on any atom is 0.250 e. The second-order valence-corrected chi connectivity index (χ2v) is 7.28. The van der Waals surface area contributed by atoms with Gasteiger partial charge in [-0.15, -0.1) is 16.4 Å². The third kappa shape index (κ3) is 2.94. The SMILES string of the molecule is Cc1ccc(-c2csc3nc(NC(=O)C4CCCCC4)nn23)cc1. The molecular formula is C18H20N4OS. The number of hydrogen-bond acceptors (Lipinski definition) is 4. The van der Waals surface area contributed by atoms with E-state index in [1.54, 1.807) is 0 Å². The van der Waals surface area contributed by atoms with Crippen molar-refractivity contribution in [2.45, 2.75) is 39.0 Å². The number of nitrogens with zero attached hydrogens (tertiary/aromatic N) is 3. The van der Waals surface area contributed by atoms with Crippen molar-refractivity contribution in [2.24, 2.45) is 5.92 Å². The first-order chi connectivity index (χ1) is 11.7. The average molecular weight is 340 g/mol. The molecule has 0 atom stereocenters. The number of nitrogens with one attached hydrogen (secondary N) is 1. The lowest BCUT2D eigenvalue weighted by molar-refractivity contribution is -0.120. The molecule has 24 heavy (non-hydrogen) atoms. The highest BCUT2D eigenvalue weighted by Crippen LogP contribution is 2.27. The second-order valence-electron chi connectivity index (χ2n) is 6.44. The first-order valence-corrected chi connectivity index (χ1v) is 9.31. The maximum absolute atomic E-state index is 12.4.